The number of furan rings is 1. The van der Waals surface area contributed by atoms with Gasteiger partial charge >= 0.3 is 6.03 Å². The third kappa shape index (κ3) is 6.42. The number of urea groups is 1. The highest BCUT2D eigenvalue weighted by Gasteiger charge is 2.19. The molecule has 0 unspecified atom stereocenters. The second-order valence-corrected chi connectivity index (χ2v) is 9.18. The van der Waals surface area contributed by atoms with Gasteiger partial charge in [-0.3, -0.25) is 9.80 Å². The monoisotopic (exact) mass is 480 g/mol. The van der Waals surface area contributed by atoms with E-state index < -0.39 is 0 Å². The van der Waals surface area contributed by atoms with Crippen LogP contribution in [-0.2, 0) is 13.1 Å². The summed E-state index contributed by atoms with van der Waals surface area (Å²) < 4.78 is 5.47. The molecule has 1 saturated heterocycles. The van der Waals surface area contributed by atoms with E-state index in [1.807, 2.05) is 84.9 Å². The molecule has 1 aromatic heterocycles. The van der Waals surface area contributed by atoms with E-state index in [0.29, 0.717) is 0 Å². The molecule has 0 atom stereocenters. The van der Waals surface area contributed by atoms with Crippen molar-refractivity contribution in [1.82, 2.24) is 15.1 Å². The summed E-state index contributed by atoms with van der Waals surface area (Å²) in [6, 6.07) is 31.7. The number of rotatable bonds is 8. The highest BCUT2D eigenvalue weighted by atomic mass is 16.3. The van der Waals surface area contributed by atoms with Crippen LogP contribution in [-0.4, -0.2) is 42.0 Å². The molecule has 3 aromatic carbocycles. The second-order valence-electron chi connectivity index (χ2n) is 9.18. The molecule has 0 bridgehead atoms. The molecule has 6 heteroatoms. The Balaban J connectivity index is 1.13. The first kappa shape index (κ1) is 23.9. The van der Waals surface area contributed by atoms with Crippen LogP contribution in [0.2, 0.25) is 0 Å². The lowest BCUT2D eigenvalue weighted by molar-refractivity contribution is 0.116. The second kappa shape index (κ2) is 11.7. The summed E-state index contributed by atoms with van der Waals surface area (Å²) in [4.78, 5) is 17.8. The minimum Gasteiger partial charge on any atom is -0.468 e. The zero-order valence-electron chi connectivity index (χ0n) is 20.3. The van der Waals surface area contributed by atoms with E-state index in [-0.39, 0.29) is 12.1 Å². The third-order valence-corrected chi connectivity index (χ3v) is 6.58. The summed E-state index contributed by atoms with van der Waals surface area (Å²) in [5, 5.41) is 6.12. The van der Waals surface area contributed by atoms with Crippen LogP contribution in [0.1, 0.15) is 28.5 Å². The molecule has 0 aliphatic carbocycles. The van der Waals surface area contributed by atoms with Gasteiger partial charge in [-0.2, -0.15) is 0 Å². The van der Waals surface area contributed by atoms with Crippen molar-refractivity contribution in [1.29, 1.82) is 0 Å². The van der Waals surface area contributed by atoms with Crippen molar-refractivity contribution >= 4 is 11.7 Å². The molecular formula is C30H32N4O2. The summed E-state index contributed by atoms with van der Waals surface area (Å²) in [6.07, 6.45) is 1.73. The molecule has 36 heavy (non-hydrogen) atoms. The van der Waals surface area contributed by atoms with Crippen LogP contribution in [0.15, 0.2) is 108 Å². The Morgan fingerprint density at radius 2 is 1.31 bits per heavy atom. The van der Waals surface area contributed by atoms with Crippen molar-refractivity contribution in [3.8, 4) is 0 Å². The maximum Gasteiger partial charge on any atom is 0.319 e. The highest BCUT2D eigenvalue weighted by molar-refractivity contribution is 5.89. The maximum atomic E-state index is 12.9. The Kier molecular flexibility index (Phi) is 7.76. The number of nitrogens with one attached hydrogen (secondary N) is 2. The average molecular weight is 481 g/mol. The minimum absolute atomic E-state index is 0.224. The van der Waals surface area contributed by atoms with Gasteiger partial charge in [0.05, 0.1) is 18.8 Å². The van der Waals surface area contributed by atoms with Gasteiger partial charge in [-0.25, -0.2) is 4.79 Å². The number of carbonyl (C=O) groups is 1. The SMILES string of the molecule is O=C(Nc1ccc(CN2CCN(Cc3ccco3)CC2)cc1)NC(c1ccccc1)c1ccccc1. The van der Waals surface area contributed by atoms with E-state index in [4.69, 9.17) is 4.42 Å². The molecule has 6 nitrogen and oxygen atoms in total. The van der Waals surface area contributed by atoms with Gasteiger partial charge in [0.25, 0.3) is 0 Å². The van der Waals surface area contributed by atoms with Gasteiger partial charge in [-0.15, -0.1) is 0 Å². The fourth-order valence-corrected chi connectivity index (χ4v) is 4.63. The Labute approximate surface area is 212 Å². The minimum atomic E-state index is -0.229. The molecule has 0 saturated carbocycles. The van der Waals surface area contributed by atoms with Crippen LogP contribution in [0.25, 0.3) is 0 Å². The number of hydrogen-bond acceptors (Lipinski definition) is 4. The Hall–Kier alpha value is -3.87. The van der Waals surface area contributed by atoms with Crippen molar-refractivity contribution in [2.24, 2.45) is 0 Å². The molecule has 1 fully saturated rings. The number of hydrogen-bond donors (Lipinski definition) is 2. The van der Waals surface area contributed by atoms with Gasteiger partial charge in [-0.1, -0.05) is 72.8 Å². The summed E-state index contributed by atoms with van der Waals surface area (Å²) in [7, 11) is 0. The zero-order valence-corrected chi connectivity index (χ0v) is 20.3. The molecule has 0 spiro atoms. The number of benzene rings is 3. The van der Waals surface area contributed by atoms with E-state index in [0.717, 1.165) is 61.8 Å². The van der Waals surface area contributed by atoms with Gasteiger partial charge in [0.1, 0.15) is 5.76 Å². The molecule has 1 aliphatic heterocycles. The molecule has 0 radical (unpaired) electrons. The fourth-order valence-electron chi connectivity index (χ4n) is 4.63. The van der Waals surface area contributed by atoms with Crippen LogP contribution < -0.4 is 10.6 Å². The topological polar surface area (TPSA) is 60.8 Å². The molecule has 2 amide bonds. The first-order valence-corrected chi connectivity index (χ1v) is 12.5. The largest absolute Gasteiger partial charge is 0.468 e. The Bertz CT molecular complexity index is 1160. The van der Waals surface area contributed by atoms with E-state index in [2.05, 4.69) is 32.6 Å². The van der Waals surface area contributed by atoms with Crippen LogP contribution in [0.3, 0.4) is 0 Å². The van der Waals surface area contributed by atoms with Crippen molar-refractivity contribution in [3.63, 3.8) is 0 Å². The summed E-state index contributed by atoms with van der Waals surface area (Å²) in [5.41, 5.74) is 4.10. The first-order valence-electron chi connectivity index (χ1n) is 12.5. The van der Waals surface area contributed by atoms with Crippen molar-refractivity contribution in [2.75, 3.05) is 31.5 Å². The molecule has 5 rings (SSSR count). The van der Waals surface area contributed by atoms with Gasteiger partial charge in [0, 0.05) is 38.4 Å². The molecular weight excluding hydrogens is 448 g/mol. The Morgan fingerprint density at radius 1 is 0.722 bits per heavy atom. The fraction of sp³-hybridized carbons (Fsp3) is 0.233. The van der Waals surface area contributed by atoms with Crippen molar-refractivity contribution < 1.29 is 9.21 Å². The lowest BCUT2D eigenvalue weighted by atomic mass is 9.99. The number of piperazine rings is 1. The number of anilines is 1. The van der Waals surface area contributed by atoms with Gasteiger partial charge < -0.3 is 15.1 Å². The predicted octanol–water partition coefficient (Wildman–Crippen LogP) is 5.51. The van der Waals surface area contributed by atoms with Crippen LogP contribution in [0.5, 0.6) is 0 Å². The van der Waals surface area contributed by atoms with Crippen LogP contribution in [0.4, 0.5) is 10.5 Å². The van der Waals surface area contributed by atoms with E-state index in [9.17, 15) is 4.79 Å². The highest BCUT2D eigenvalue weighted by Crippen LogP contribution is 2.22. The molecule has 1 aliphatic rings. The average Bonchev–Trinajstić information content (AvgIpc) is 3.44. The lowest BCUT2D eigenvalue weighted by Gasteiger charge is -2.34. The van der Waals surface area contributed by atoms with E-state index in [1.54, 1.807) is 6.26 Å². The number of carbonyl (C=O) groups excluding carboxylic acids is 1. The van der Waals surface area contributed by atoms with E-state index in [1.165, 1.54) is 5.56 Å². The predicted molar refractivity (Wildman–Crippen MR) is 143 cm³/mol. The standard InChI is InChI=1S/C30H32N4O2/c35-30(32-29(25-8-3-1-4-9-25)26-10-5-2-6-11-26)31-27-15-13-24(14-16-27)22-33-17-19-34(20-18-33)23-28-12-7-21-36-28/h1-16,21,29H,17-20,22-23H2,(H2,31,32,35). The maximum absolute atomic E-state index is 12.9. The number of amides is 2. The van der Waals surface area contributed by atoms with Gasteiger partial charge in [0.2, 0.25) is 0 Å². The summed E-state index contributed by atoms with van der Waals surface area (Å²) in [5.74, 6) is 1.02. The smallest absolute Gasteiger partial charge is 0.319 e. The van der Waals surface area contributed by atoms with E-state index >= 15 is 0 Å². The molecule has 4 aromatic rings. The number of nitrogens with zero attached hydrogens (tertiary/aromatic N) is 2. The third-order valence-electron chi connectivity index (χ3n) is 6.58. The molecule has 184 valence electrons. The van der Waals surface area contributed by atoms with Gasteiger partial charge in [-0.05, 0) is 41.0 Å². The summed E-state index contributed by atoms with van der Waals surface area (Å²) in [6.45, 7) is 5.91. The van der Waals surface area contributed by atoms with Gasteiger partial charge in [0.15, 0.2) is 0 Å². The quantitative estimate of drug-likeness (QED) is 0.349. The normalized spacial score (nSPS) is 14.6. The molecule has 2 N–H and O–H groups in total. The first-order chi connectivity index (χ1) is 17.7. The zero-order chi connectivity index (χ0) is 24.6. The Morgan fingerprint density at radius 3 is 1.86 bits per heavy atom. The summed E-state index contributed by atoms with van der Waals surface area (Å²) >= 11 is 0. The molecule has 2 heterocycles. The lowest BCUT2D eigenvalue weighted by Crippen LogP contribution is -2.45. The van der Waals surface area contributed by atoms with Crippen molar-refractivity contribution in [2.45, 2.75) is 19.1 Å². The van der Waals surface area contributed by atoms with Crippen molar-refractivity contribution in [3.05, 3.63) is 126 Å². The van der Waals surface area contributed by atoms with Crippen LogP contribution in [0, 0.1) is 0 Å². The van der Waals surface area contributed by atoms with Crippen LogP contribution >= 0.6 is 0 Å².